The molecule has 0 bridgehead atoms. The van der Waals surface area contributed by atoms with E-state index in [1.165, 1.54) is 7.05 Å². The van der Waals surface area contributed by atoms with Crippen molar-refractivity contribution in [2.45, 2.75) is 0 Å². The molecule has 0 aliphatic rings. The highest BCUT2D eigenvalue weighted by Crippen LogP contribution is 2.04. The van der Waals surface area contributed by atoms with E-state index in [1.807, 2.05) is 6.07 Å². The van der Waals surface area contributed by atoms with Crippen molar-refractivity contribution in [2.75, 3.05) is 0 Å². The van der Waals surface area contributed by atoms with Crippen molar-refractivity contribution in [3.8, 4) is 0 Å². The topological polar surface area (TPSA) is 67.5 Å². The van der Waals surface area contributed by atoms with Crippen LogP contribution in [0.1, 0.15) is 0 Å². The molecule has 2 rings (SSSR count). The summed E-state index contributed by atoms with van der Waals surface area (Å²) < 4.78 is 1.13. The Bertz CT molecular complexity index is 631. The highest BCUT2D eigenvalue weighted by atomic mass is 16.4. The lowest BCUT2D eigenvalue weighted by molar-refractivity contribution is 0.301. The molecule has 15 heavy (non-hydrogen) atoms. The average molecular weight is 203 g/mol. The summed E-state index contributed by atoms with van der Waals surface area (Å²) in [4.78, 5) is 11.7. The van der Waals surface area contributed by atoms with Gasteiger partial charge in [-0.15, -0.1) is 0 Å². The summed E-state index contributed by atoms with van der Waals surface area (Å²) in [6.45, 7) is 0. The van der Waals surface area contributed by atoms with Crippen molar-refractivity contribution in [1.82, 2.24) is 9.78 Å². The molecule has 0 radical (unpaired) electrons. The van der Waals surface area contributed by atoms with E-state index in [1.54, 1.807) is 24.4 Å². The van der Waals surface area contributed by atoms with Crippen LogP contribution in [0.2, 0.25) is 0 Å². The predicted molar refractivity (Wildman–Crippen MR) is 54.3 cm³/mol. The van der Waals surface area contributed by atoms with Crippen LogP contribution in [0.3, 0.4) is 0 Å². The fraction of sp³-hybridized carbons (Fsp3) is 0.100. The summed E-state index contributed by atoms with van der Waals surface area (Å²) in [6, 6.07) is 7.12. The van der Waals surface area contributed by atoms with Gasteiger partial charge in [-0.25, -0.2) is 4.68 Å². The first-order chi connectivity index (χ1) is 7.24. The zero-order chi connectivity index (χ0) is 10.8. The molecule has 1 aromatic heterocycles. The molecule has 0 saturated carbocycles. The molecule has 0 saturated heterocycles. The molecule has 1 N–H and O–H groups in total. The average Bonchev–Trinajstić information content (AvgIpc) is 2.38. The third-order valence-electron chi connectivity index (χ3n) is 2.18. The molecular formula is C10H9N3O2. The Hall–Kier alpha value is -2.17. The molecule has 1 heterocycles. The molecule has 2 aromatic rings. The summed E-state index contributed by atoms with van der Waals surface area (Å²) in [5.74, 6) is 0. The van der Waals surface area contributed by atoms with Gasteiger partial charge in [-0.3, -0.25) is 4.79 Å². The maximum atomic E-state index is 11.7. The number of hydrogen-bond acceptors (Lipinski definition) is 4. The molecule has 76 valence electrons. The van der Waals surface area contributed by atoms with Crippen LogP contribution in [0.4, 0.5) is 0 Å². The van der Waals surface area contributed by atoms with Gasteiger partial charge in [-0.1, -0.05) is 29.4 Å². The third kappa shape index (κ3) is 1.48. The van der Waals surface area contributed by atoms with Gasteiger partial charge in [0.1, 0.15) is 0 Å². The first kappa shape index (κ1) is 9.39. The number of aromatic nitrogens is 2. The van der Waals surface area contributed by atoms with Crippen LogP contribution < -0.4 is 10.9 Å². The van der Waals surface area contributed by atoms with Crippen molar-refractivity contribution in [3.63, 3.8) is 0 Å². The van der Waals surface area contributed by atoms with Crippen LogP contribution in [0, 0.1) is 0 Å². The van der Waals surface area contributed by atoms with Crippen LogP contribution >= 0.6 is 0 Å². The maximum Gasteiger partial charge on any atom is 0.296 e. The zero-order valence-electron chi connectivity index (χ0n) is 8.08. The van der Waals surface area contributed by atoms with E-state index >= 15 is 0 Å². The van der Waals surface area contributed by atoms with E-state index in [4.69, 9.17) is 5.21 Å². The van der Waals surface area contributed by atoms with Crippen molar-refractivity contribution in [2.24, 2.45) is 12.2 Å². The van der Waals surface area contributed by atoms with Gasteiger partial charge in [-0.05, 0) is 0 Å². The Kier molecular flexibility index (Phi) is 2.21. The lowest BCUT2D eigenvalue weighted by Crippen LogP contribution is -2.31. The van der Waals surface area contributed by atoms with E-state index in [2.05, 4.69) is 10.3 Å². The van der Waals surface area contributed by atoms with Crippen LogP contribution in [0.25, 0.3) is 10.8 Å². The minimum absolute atomic E-state index is 0.00519. The third-order valence-corrected chi connectivity index (χ3v) is 2.18. The molecule has 0 spiro atoms. The predicted octanol–water partition coefficient (Wildman–Crippen LogP) is 0.223. The van der Waals surface area contributed by atoms with Gasteiger partial charge in [-0.2, -0.15) is 5.10 Å². The van der Waals surface area contributed by atoms with E-state index < -0.39 is 5.56 Å². The minimum Gasteiger partial charge on any atom is -0.410 e. The molecule has 1 aromatic carbocycles. The Morgan fingerprint density at radius 2 is 2.13 bits per heavy atom. The minimum atomic E-state index is -0.432. The number of benzene rings is 1. The summed E-state index contributed by atoms with van der Waals surface area (Å²) in [7, 11) is 1.51. The molecular weight excluding hydrogens is 194 g/mol. The fourth-order valence-corrected chi connectivity index (χ4v) is 1.39. The molecule has 0 aliphatic heterocycles. The smallest absolute Gasteiger partial charge is 0.296 e. The van der Waals surface area contributed by atoms with E-state index in [9.17, 15) is 4.79 Å². The van der Waals surface area contributed by atoms with Gasteiger partial charge in [0.15, 0.2) is 5.36 Å². The summed E-state index contributed by atoms with van der Waals surface area (Å²) in [6.07, 6.45) is 1.56. The second kappa shape index (κ2) is 3.53. The van der Waals surface area contributed by atoms with Gasteiger partial charge >= 0.3 is 0 Å². The number of rotatable bonds is 0. The molecule has 5 nitrogen and oxygen atoms in total. The van der Waals surface area contributed by atoms with Crippen LogP contribution in [0.5, 0.6) is 0 Å². The zero-order valence-corrected chi connectivity index (χ0v) is 8.08. The molecule has 0 aliphatic carbocycles. The highest BCUT2D eigenvalue weighted by Gasteiger charge is 2.00. The molecule has 5 heteroatoms. The second-order valence-electron chi connectivity index (χ2n) is 3.11. The van der Waals surface area contributed by atoms with Crippen molar-refractivity contribution >= 4 is 10.8 Å². The van der Waals surface area contributed by atoms with E-state index in [0.29, 0.717) is 5.39 Å². The SMILES string of the molecule is Cn1ncc2ccccc2c(=NO)c1=O. The van der Waals surface area contributed by atoms with Crippen molar-refractivity contribution in [1.29, 1.82) is 0 Å². The van der Waals surface area contributed by atoms with Gasteiger partial charge in [0.2, 0.25) is 0 Å². The second-order valence-corrected chi connectivity index (χ2v) is 3.11. The lowest BCUT2D eigenvalue weighted by Gasteiger charge is -1.87. The Morgan fingerprint density at radius 3 is 2.87 bits per heavy atom. The van der Waals surface area contributed by atoms with Crippen LogP contribution in [0.15, 0.2) is 40.4 Å². The molecule has 0 amide bonds. The lowest BCUT2D eigenvalue weighted by atomic mass is 10.2. The summed E-state index contributed by atoms with van der Waals surface area (Å²) in [5, 5.41) is 17.1. The van der Waals surface area contributed by atoms with Crippen LogP contribution in [-0.2, 0) is 7.05 Å². The normalized spacial score (nSPS) is 11.9. The monoisotopic (exact) mass is 203 g/mol. The van der Waals surface area contributed by atoms with E-state index in [-0.39, 0.29) is 5.36 Å². The first-order valence-electron chi connectivity index (χ1n) is 4.37. The quantitative estimate of drug-likeness (QED) is 0.492. The first-order valence-corrected chi connectivity index (χ1v) is 4.37. The van der Waals surface area contributed by atoms with Gasteiger partial charge < -0.3 is 5.21 Å². The highest BCUT2D eigenvalue weighted by molar-refractivity contribution is 5.80. The van der Waals surface area contributed by atoms with Crippen molar-refractivity contribution < 1.29 is 5.21 Å². The fourth-order valence-electron chi connectivity index (χ4n) is 1.39. The number of fused-ring (bicyclic) bond motifs is 1. The summed E-state index contributed by atoms with van der Waals surface area (Å²) in [5.41, 5.74) is -0.432. The Labute approximate surface area is 84.9 Å². The number of hydrogen-bond donors (Lipinski definition) is 1. The standard InChI is InChI=1S/C10H9N3O2/c1-13-10(14)9(12-15)8-5-3-2-4-7(8)6-11-13/h2-6,15H,1H3. The Balaban J connectivity index is 3.19. The number of aryl methyl sites for hydroxylation is 1. The van der Waals surface area contributed by atoms with Gasteiger partial charge in [0.05, 0.1) is 6.20 Å². The maximum absolute atomic E-state index is 11.7. The van der Waals surface area contributed by atoms with E-state index in [0.717, 1.165) is 10.1 Å². The molecule has 0 unspecified atom stereocenters. The molecule has 0 atom stereocenters. The van der Waals surface area contributed by atoms with Gasteiger partial charge in [0, 0.05) is 17.8 Å². The van der Waals surface area contributed by atoms with Crippen LogP contribution in [-0.4, -0.2) is 15.0 Å². The van der Waals surface area contributed by atoms with Crippen molar-refractivity contribution in [3.05, 3.63) is 46.2 Å². The largest absolute Gasteiger partial charge is 0.410 e. The van der Waals surface area contributed by atoms with Gasteiger partial charge in [0.25, 0.3) is 5.56 Å². The number of nitrogens with zero attached hydrogens (tertiary/aromatic N) is 3. The summed E-state index contributed by atoms with van der Waals surface area (Å²) >= 11 is 0. The Morgan fingerprint density at radius 1 is 1.40 bits per heavy atom. The molecule has 0 fully saturated rings.